The first-order valence-corrected chi connectivity index (χ1v) is 14.5. The Morgan fingerprint density at radius 1 is 0.750 bits per heavy atom. The Kier molecular flexibility index (Phi) is 7.31. The average Bonchev–Trinajstić information content (AvgIpc) is 2.96. The lowest BCUT2D eigenvalue weighted by atomic mass is 9.69. The van der Waals surface area contributed by atoms with Gasteiger partial charge in [-0.05, 0) is 82.3 Å². The van der Waals surface area contributed by atoms with Gasteiger partial charge in [0, 0.05) is 29.4 Å². The molecule has 1 aliphatic rings. The highest BCUT2D eigenvalue weighted by atomic mass is 15.2. The molecule has 1 aliphatic heterocycles. The van der Waals surface area contributed by atoms with Crippen LogP contribution in [0.4, 0.5) is 5.69 Å². The number of nitrogens with zero attached hydrogens (tertiary/aromatic N) is 2. The minimum absolute atomic E-state index is 0.132. The van der Waals surface area contributed by atoms with E-state index in [1.54, 1.807) is 0 Å². The SMILES string of the molecule is C=C1N=C(N(C)c2ccc(-c3ccccc3)cc2C)c2cc(-c3ccc(C(C)(C)C)cc3)ccc2C1(CC)CC. The van der Waals surface area contributed by atoms with Gasteiger partial charge in [0.25, 0.3) is 0 Å². The van der Waals surface area contributed by atoms with Crippen LogP contribution >= 0.6 is 0 Å². The summed E-state index contributed by atoms with van der Waals surface area (Å²) in [5.74, 6) is 0.959. The number of aryl methyl sites for hydroxylation is 1. The van der Waals surface area contributed by atoms with Crippen molar-refractivity contribution in [1.82, 2.24) is 0 Å². The molecule has 5 rings (SSSR count). The van der Waals surface area contributed by atoms with Gasteiger partial charge in [-0.15, -0.1) is 0 Å². The topological polar surface area (TPSA) is 15.6 Å². The van der Waals surface area contributed by atoms with Gasteiger partial charge in [-0.25, -0.2) is 4.99 Å². The van der Waals surface area contributed by atoms with Crippen LogP contribution < -0.4 is 4.90 Å². The number of aliphatic imine (C=N–C) groups is 1. The lowest BCUT2D eigenvalue weighted by Gasteiger charge is -2.40. The number of hydrogen-bond acceptors (Lipinski definition) is 2. The number of hydrogen-bond donors (Lipinski definition) is 0. The fourth-order valence-electron chi connectivity index (χ4n) is 6.19. The molecule has 0 atom stereocenters. The van der Waals surface area contributed by atoms with Crippen LogP contribution in [0.3, 0.4) is 0 Å². The molecule has 4 aromatic carbocycles. The minimum Gasteiger partial charge on any atom is -0.329 e. The van der Waals surface area contributed by atoms with Gasteiger partial charge in [0.1, 0.15) is 5.84 Å². The van der Waals surface area contributed by atoms with Gasteiger partial charge in [-0.1, -0.05) is 114 Å². The summed E-state index contributed by atoms with van der Waals surface area (Å²) in [5.41, 5.74) is 12.1. The molecule has 0 saturated heterocycles. The molecular formula is C38H42N2. The highest BCUT2D eigenvalue weighted by Gasteiger charge is 2.39. The van der Waals surface area contributed by atoms with Crippen molar-refractivity contribution in [1.29, 1.82) is 0 Å². The maximum atomic E-state index is 5.25. The van der Waals surface area contributed by atoms with Crippen molar-refractivity contribution in [2.75, 3.05) is 11.9 Å². The van der Waals surface area contributed by atoms with Crippen LogP contribution in [-0.4, -0.2) is 12.9 Å². The fraction of sp³-hybridized carbons (Fsp3) is 0.289. The molecule has 2 heteroatoms. The molecule has 0 aromatic heterocycles. The molecular weight excluding hydrogens is 484 g/mol. The fourth-order valence-corrected chi connectivity index (χ4v) is 6.19. The molecule has 204 valence electrons. The molecule has 0 N–H and O–H groups in total. The van der Waals surface area contributed by atoms with Crippen molar-refractivity contribution in [3.8, 4) is 22.3 Å². The molecule has 2 nitrogen and oxygen atoms in total. The van der Waals surface area contributed by atoms with E-state index in [-0.39, 0.29) is 10.8 Å². The van der Waals surface area contributed by atoms with Crippen molar-refractivity contribution in [2.45, 2.75) is 65.2 Å². The van der Waals surface area contributed by atoms with Crippen LogP contribution in [0, 0.1) is 6.92 Å². The van der Waals surface area contributed by atoms with Gasteiger partial charge in [-0.2, -0.15) is 0 Å². The monoisotopic (exact) mass is 526 g/mol. The number of rotatable bonds is 5. The van der Waals surface area contributed by atoms with E-state index in [0.29, 0.717) is 0 Å². The number of amidine groups is 1. The molecule has 0 radical (unpaired) electrons. The molecule has 0 amide bonds. The summed E-state index contributed by atoms with van der Waals surface area (Å²) < 4.78 is 0. The highest BCUT2D eigenvalue weighted by Crippen LogP contribution is 2.45. The van der Waals surface area contributed by atoms with Gasteiger partial charge in [0.05, 0.1) is 0 Å². The first-order valence-electron chi connectivity index (χ1n) is 14.5. The maximum absolute atomic E-state index is 5.25. The molecule has 4 aromatic rings. The van der Waals surface area contributed by atoms with E-state index < -0.39 is 0 Å². The quantitative estimate of drug-likeness (QED) is 0.253. The second-order valence-corrected chi connectivity index (χ2v) is 12.2. The van der Waals surface area contributed by atoms with Crippen LogP contribution in [0.15, 0.2) is 108 Å². The predicted molar refractivity (Wildman–Crippen MR) is 174 cm³/mol. The number of fused-ring (bicyclic) bond motifs is 1. The molecule has 0 spiro atoms. The first-order chi connectivity index (χ1) is 19.1. The highest BCUT2D eigenvalue weighted by molar-refractivity contribution is 6.13. The molecule has 0 unspecified atom stereocenters. The molecule has 0 bridgehead atoms. The number of anilines is 1. The van der Waals surface area contributed by atoms with Crippen LogP contribution in [0.25, 0.3) is 22.3 Å². The molecule has 0 saturated carbocycles. The zero-order valence-corrected chi connectivity index (χ0v) is 25.2. The lowest BCUT2D eigenvalue weighted by Crippen LogP contribution is -2.38. The second-order valence-electron chi connectivity index (χ2n) is 12.2. The molecule has 0 fully saturated rings. The maximum Gasteiger partial charge on any atom is 0.140 e. The van der Waals surface area contributed by atoms with Crippen molar-refractivity contribution in [3.63, 3.8) is 0 Å². The van der Waals surface area contributed by atoms with Crippen LogP contribution in [0.2, 0.25) is 0 Å². The summed E-state index contributed by atoms with van der Waals surface area (Å²) in [7, 11) is 2.14. The zero-order chi connectivity index (χ0) is 28.7. The molecule has 40 heavy (non-hydrogen) atoms. The summed E-state index contributed by atoms with van der Waals surface area (Å²) >= 11 is 0. The summed E-state index contributed by atoms with van der Waals surface area (Å²) in [6.45, 7) is 18.0. The Morgan fingerprint density at radius 2 is 1.32 bits per heavy atom. The van der Waals surface area contributed by atoms with Gasteiger partial charge in [-0.3, -0.25) is 0 Å². The smallest absolute Gasteiger partial charge is 0.140 e. The standard InChI is InChI=1S/C38H42N2/c1-9-38(10-2)27(4)39-36(40(8)35-23-19-30(24-26(35)3)28-14-12-11-13-15-28)33-25-31(18-22-34(33)38)29-16-20-32(21-17-29)37(5,6)7/h11-25H,4,9-10H2,1-3,5-8H3. The van der Waals surface area contributed by atoms with Crippen molar-refractivity contribution >= 4 is 11.5 Å². The Bertz CT molecular complexity index is 1560. The summed E-state index contributed by atoms with van der Waals surface area (Å²) in [6, 6.07) is 33.2. The Morgan fingerprint density at radius 3 is 1.93 bits per heavy atom. The van der Waals surface area contributed by atoms with E-state index in [1.807, 2.05) is 0 Å². The average molecular weight is 527 g/mol. The normalized spacial score (nSPS) is 14.5. The van der Waals surface area contributed by atoms with Crippen molar-refractivity contribution in [2.24, 2.45) is 4.99 Å². The van der Waals surface area contributed by atoms with E-state index in [9.17, 15) is 0 Å². The largest absolute Gasteiger partial charge is 0.329 e. The lowest BCUT2D eigenvalue weighted by molar-refractivity contribution is 0.459. The summed E-state index contributed by atoms with van der Waals surface area (Å²) in [6.07, 6.45) is 1.94. The van der Waals surface area contributed by atoms with E-state index >= 15 is 0 Å². The van der Waals surface area contributed by atoms with E-state index in [4.69, 9.17) is 4.99 Å². The van der Waals surface area contributed by atoms with Gasteiger partial charge >= 0.3 is 0 Å². The first kappa shape index (κ1) is 27.6. The van der Waals surface area contributed by atoms with E-state index in [1.165, 1.54) is 44.5 Å². The van der Waals surface area contributed by atoms with E-state index in [0.717, 1.165) is 30.1 Å². The predicted octanol–water partition coefficient (Wildman–Crippen LogP) is 10.1. The van der Waals surface area contributed by atoms with Crippen LogP contribution in [0.1, 0.15) is 69.7 Å². The van der Waals surface area contributed by atoms with Gasteiger partial charge in [0.2, 0.25) is 0 Å². The minimum atomic E-state index is -0.152. The number of benzene rings is 4. The molecule has 0 aliphatic carbocycles. The van der Waals surface area contributed by atoms with Crippen LogP contribution in [0.5, 0.6) is 0 Å². The van der Waals surface area contributed by atoms with Gasteiger partial charge < -0.3 is 4.90 Å². The molecule has 1 heterocycles. The third-order valence-corrected chi connectivity index (χ3v) is 8.84. The third kappa shape index (κ3) is 4.81. The van der Waals surface area contributed by atoms with Crippen LogP contribution in [-0.2, 0) is 10.8 Å². The van der Waals surface area contributed by atoms with E-state index in [2.05, 4.69) is 151 Å². The number of allylic oxidation sites excluding steroid dienone is 1. The Labute approximate surface area is 241 Å². The van der Waals surface area contributed by atoms with Crippen molar-refractivity contribution < 1.29 is 0 Å². The third-order valence-electron chi connectivity index (χ3n) is 8.84. The zero-order valence-electron chi connectivity index (χ0n) is 25.2. The van der Waals surface area contributed by atoms with Crippen molar-refractivity contribution in [3.05, 3.63) is 126 Å². The Hall–Kier alpha value is -3.91. The summed E-state index contributed by atoms with van der Waals surface area (Å²) in [4.78, 5) is 7.49. The second kappa shape index (κ2) is 10.6. The summed E-state index contributed by atoms with van der Waals surface area (Å²) in [5, 5.41) is 0. The Balaban J connectivity index is 1.60. The van der Waals surface area contributed by atoms with Gasteiger partial charge in [0.15, 0.2) is 0 Å².